The smallest absolute Gasteiger partial charge is 0.282 e. The molecule has 174 valence electrons. The molecule has 0 spiro atoms. The highest BCUT2D eigenvalue weighted by Gasteiger charge is 2.34. The predicted molar refractivity (Wildman–Crippen MR) is 127 cm³/mol. The lowest BCUT2D eigenvalue weighted by Crippen LogP contribution is -2.35. The van der Waals surface area contributed by atoms with Crippen molar-refractivity contribution in [3.8, 4) is 23.0 Å². The molecule has 34 heavy (non-hydrogen) atoms. The topological polar surface area (TPSA) is 86.3 Å². The summed E-state index contributed by atoms with van der Waals surface area (Å²) in [6, 6.07) is 21.4. The molecule has 0 unspecified atom stereocenters. The fourth-order valence-electron chi connectivity index (χ4n) is 3.38. The lowest BCUT2D eigenvalue weighted by Gasteiger charge is -2.14. The number of rotatable bonds is 9. The van der Waals surface area contributed by atoms with Crippen molar-refractivity contribution in [3.63, 3.8) is 0 Å². The van der Waals surface area contributed by atoms with Gasteiger partial charge >= 0.3 is 0 Å². The summed E-state index contributed by atoms with van der Waals surface area (Å²) in [7, 11) is 3.12. The largest absolute Gasteiger partial charge is 0.497 e. The first kappa shape index (κ1) is 22.7. The van der Waals surface area contributed by atoms with Gasteiger partial charge in [-0.25, -0.2) is 5.01 Å². The summed E-state index contributed by atoms with van der Waals surface area (Å²) in [6.07, 6.45) is 1.53. The Bertz CT molecular complexity index is 1210. The van der Waals surface area contributed by atoms with Crippen LogP contribution in [0.15, 0.2) is 78.4 Å². The molecule has 3 aromatic rings. The molecule has 1 aliphatic heterocycles. The van der Waals surface area contributed by atoms with Gasteiger partial charge in [-0.2, -0.15) is 0 Å². The van der Waals surface area contributed by atoms with Crippen LogP contribution in [0.25, 0.3) is 6.08 Å². The molecule has 1 fully saturated rings. The number of carbonyl (C=O) groups is 2. The highest BCUT2D eigenvalue weighted by atomic mass is 16.5. The second-order valence-electron chi connectivity index (χ2n) is 7.26. The van der Waals surface area contributed by atoms with E-state index in [2.05, 4.69) is 5.43 Å². The minimum atomic E-state index is -0.470. The number of para-hydroxylation sites is 1. The van der Waals surface area contributed by atoms with Crippen LogP contribution in [-0.2, 0) is 9.59 Å². The highest BCUT2D eigenvalue weighted by Crippen LogP contribution is 2.30. The van der Waals surface area contributed by atoms with Crippen molar-refractivity contribution >= 4 is 23.6 Å². The molecular formula is C26H24N2O6. The van der Waals surface area contributed by atoms with E-state index in [1.54, 1.807) is 55.6 Å². The minimum absolute atomic E-state index is 0.0336. The van der Waals surface area contributed by atoms with Crippen LogP contribution < -0.4 is 29.4 Å². The molecule has 1 N–H and O–H groups in total. The predicted octanol–water partition coefficient (Wildman–Crippen LogP) is 3.62. The third-order valence-electron chi connectivity index (χ3n) is 5.06. The van der Waals surface area contributed by atoms with Crippen LogP contribution in [-0.4, -0.2) is 39.2 Å². The Balaban J connectivity index is 1.41. The van der Waals surface area contributed by atoms with Crippen LogP contribution in [0.5, 0.6) is 23.0 Å². The lowest BCUT2D eigenvalue weighted by molar-refractivity contribution is -0.117. The molecule has 0 saturated carbocycles. The van der Waals surface area contributed by atoms with E-state index in [9.17, 15) is 9.59 Å². The van der Waals surface area contributed by atoms with E-state index in [0.717, 1.165) is 0 Å². The van der Waals surface area contributed by atoms with Gasteiger partial charge in [-0.15, -0.1) is 0 Å². The Morgan fingerprint density at radius 1 is 0.794 bits per heavy atom. The third-order valence-corrected chi connectivity index (χ3v) is 5.06. The van der Waals surface area contributed by atoms with Gasteiger partial charge in [0.25, 0.3) is 11.8 Å². The van der Waals surface area contributed by atoms with Crippen molar-refractivity contribution in [1.82, 2.24) is 5.43 Å². The maximum absolute atomic E-state index is 12.8. The Labute approximate surface area is 197 Å². The Morgan fingerprint density at radius 2 is 1.56 bits per heavy atom. The summed E-state index contributed by atoms with van der Waals surface area (Å²) in [5.41, 5.74) is 3.83. The normalized spacial score (nSPS) is 14.2. The number of hydrogen-bond acceptors (Lipinski definition) is 6. The fraction of sp³-hybridized carbons (Fsp3) is 0.154. The molecule has 0 bridgehead atoms. The summed E-state index contributed by atoms with van der Waals surface area (Å²) in [5, 5.41) is 1.23. The molecule has 1 aliphatic rings. The summed E-state index contributed by atoms with van der Waals surface area (Å²) in [5.74, 6) is 1.49. The van der Waals surface area contributed by atoms with Gasteiger partial charge in [0.05, 0.1) is 19.9 Å². The number of amides is 2. The minimum Gasteiger partial charge on any atom is -0.497 e. The average Bonchev–Trinajstić information content (AvgIpc) is 3.16. The summed E-state index contributed by atoms with van der Waals surface area (Å²) >= 11 is 0. The third kappa shape index (κ3) is 5.12. The number of ether oxygens (including phenoxy) is 4. The van der Waals surface area contributed by atoms with Gasteiger partial charge in [-0.05, 0) is 48.0 Å². The molecule has 0 aliphatic carbocycles. The Hall–Kier alpha value is -4.46. The number of hydrazine groups is 1. The monoisotopic (exact) mass is 460 g/mol. The molecule has 1 saturated heterocycles. The van der Waals surface area contributed by atoms with Crippen LogP contribution >= 0.6 is 0 Å². The van der Waals surface area contributed by atoms with Crippen LogP contribution in [0.1, 0.15) is 5.56 Å². The van der Waals surface area contributed by atoms with Crippen molar-refractivity contribution in [2.45, 2.75) is 0 Å². The number of carbonyl (C=O) groups excluding carboxylic acids is 2. The molecule has 8 nitrogen and oxygen atoms in total. The van der Waals surface area contributed by atoms with Gasteiger partial charge in [-0.3, -0.25) is 15.0 Å². The number of hydrogen-bond donors (Lipinski definition) is 1. The van der Waals surface area contributed by atoms with Crippen LogP contribution in [0.4, 0.5) is 5.69 Å². The summed E-state index contributed by atoms with van der Waals surface area (Å²) < 4.78 is 22.1. The second-order valence-corrected chi connectivity index (χ2v) is 7.26. The van der Waals surface area contributed by atoms with Gasteiger partial charge in [0.15, 0.2) is 11.5 Å². The molecule has 8 heteroatoms. The zero-order valence-corrected chi connectivity index (χ0v) is 18.8. The van der Waals surface area contributed by atoms with E-state index in [-0.39, 0.29) is 5.57 Å². The van der Waals surface area contributed by atoms with Gasteiger partial charge in [-0.1, -0.05) is 30.3 Å². The molecule has 3 aromatic carbocycles. The van der Waals surface area contributed by atoms with E-state index in [1.165, 1.54) is 18.2 Å². The van der Waals surface area contributed by atoms with Crippen LogP contribution in [0, 0.1) is 0 Å². The van der Waals surface area contributed by atoms with Gasteiger partial charge in [0.1, 0.15) is 30.3 Å². The molecule has 0 atom stereocenters. The highest BCUT2D eigenvalue weighted by molar-refractivity contribution is 6.31. The van der Waals surface area contributed by atoms with Crippen LogP contribution in [0.3, 0.4) is 0 Å². The number of anilines is 1. The van der Waals surface area contributed by atoms with Crippen LogP contribution in [0.2, 0.25) is 0 Å². The van der Waals surface area contributed by atoms with Gasteiger partial charge in [0.2, 0.25) is 0 Å². The van der Waals surface area contributed by atoms with E-state index < -0.39 is 11.8 Å². The quantitative estimate of drug-likeness (QED) is 0.298. The number of nitrogens with zero attached hydrogens (tertiary/aromatic N) is 1. The molecule has 2 amide bonds. The molecule has 0 radical (unpaired) electrons. The zero-order valence-electron chi connectivity index (χ0n) is 18.8. The first-order valence-corrected chi connectivity index (χ1v) is 10.6. The Morgan fingerprint density at radius 3 is 2.32 bits per heavy atom. The zero-order chi connectivity index (χ0) is 23.9. The van der Waals surface area contributed by atoms with Crippen molar-refractivity contribution in [1.29, 1.82) is 0 Å². The van der Waals surface area contributed by atoms with Gasteiger partial charge in [0, 0.05) is 6.07 Å². The second kappa shape index (κ2) is 10.4. The first-order valence-electron chi connectivity index (χ1n) is 10.6. The molecule has 1 heterocycles. The molecule has 0 aromatic heterocycles. The molecular weight excluding hydrogens is 436 g/mol. The lowest BCUT2D eigenvalue weighted by atomic mass is 10.1. The Kier molecular flexibility index (Phi) is 6.98. The maximum atomic E-state index is 12.8. The SMILES string of the molecule is COc1cccc(OCCOc2ccc(/C=C3/C(=O)NN(c4ccccc4)C3=O)cc2OC)c1. The maximum Gasteiger partial charge on any atom is 0.282 e. The van der Waals surface area contributed by atoms with Gasteiger partial charge < -0.3 is 18.9 Å². The van der Waals surface area contributed by atoms with Crippen molar-refractivity contribution in [3.05, 3.63) is 83.9 Å². The number of nitrogens with one attached hydrogen (secondary N) is 1. The average molecular weight is 460 g/mol. The number of methoxy groups -OCH3 is 2. The summed E-state index contributed by atoms with van der Waals surface area (Å²) in [4.78, 5) is 25.2. The van der Waals surface area contributed by atoms with E-state index >= 15 is 0 Å². The molecule has 4 rings (SSSR count). The van der Waals surface area contributed by atoms with E-state index in [1.807, 2.05) is 24.3 Å². The summed E-state index contributed by atoms with van der Waals surface area (Å²) in [6.45, 7) is 0.618. The van der Waals surface area contributed by atoms with Crippen molar-refractivity contribution in [2.24, 2.45) is 0 Å². The number of benzene rings is 3. The van der Waals surface area contributed by atoms with Crippen molar-refractivity contribution in [2.75, 3.05) is 32.4 Å². The first-order chi connectivity index (χ1) is 16.6. The standard InChI is InChI=1S/C26H24N2O6/c1-31-20-9-6-10-21(17-20)33-13-14-34-23-12-11-18(16-24(23)32-2)15-22-25(29)27-28(26(22)30)19-7-4-3-5-8-19/h3-12,15-17H,13-14H2,1-2H3,(H,27,29)/b22-15-. The van der Waals surface area contributed by atoms with E-state index in [0.29, 0.717) is 47.5 Å². The fourth-order valence-corrected chi connectivity index (χ4v) is 3.38. The van der Waals surface area contributed by atoms with Crippen molar-refractivity contribution < 1.29 is 28.5 Å². The van der Waals surface area contributed by atoms with E-state index in [4.69, 9.17) is 18.9 Å².